The molecule has 1 heterocycles. The van der Waals surface area contributed by atoms with Crippen LogP contribution < -0.4 is 10.9 Å². The molecule has 0 fully saturated rings. The molecular weight excluding hydrogens is 402 g/mol. The highest BCUT2D eigenvalue weighted by Gasteiger charge is 2.40. The van der Waals surface area contributed by atoms with Gasteiger partial charge in [-0.2, -0.15) is 13.2 Å². The number of nitrogens with one attached hydrogen (secondary N) is 2. The molecule has 5 nitrogen and oxygen atoms in total. The fourth-order valence-corrected chi connectivity index (χ4v) is 3.55. The second-order valence-electron chi connectivity index (χ2n) is 6.52. The zero-order chi connectivity index (χ0) is 20.6. The number of aromatic amines is 1. The predicted molar refractivity (Wildman–Crippen MR) is 95.9 cm³/mol. The Morgan fingerprint density at radius 1 is 1.32 bits per heavy atom. The number of carbonyl (C=O) groups is 1. The smallest absolute Gasteiger partial charge is 0.326 e. The van der Waals surface area contributed by atoms with Crippen molar-refractivity contribution in [3.05, 3.63) is 62.3 Å². The first-order valence-corrected chi connectivity index (χ1v) is 8.78. The van der Waals surface area contributed by atoms with E-state index in [1.807, 2.05) is 0 Å². The third-order valence-corrected chi connectivity index (χ3v) is 4.96. The molecule has 0 unspecified atom stereocenters. The van der Waals surface area contributed by atoms with Gasteiger partial charge >= 0.3 is 12.2 Å². The number of nitrogens with zero attached hydrogens (tertiary/aromatic N) is 1. The quantitative estimate of drug-likeness (QED) is 0.694. The zero-order valence-corrected chi connectivity index (χ0v) is 15.4. The lowest BCUT2D eigenvalue weighted by Gasteiger charge is -2.34. The van der Waals surface area contributed by atoms with Crippen molar-refractivity contribution in [3.63, 3.8) is 0 Å². The van der Waals surface area contributed by atoms with E-state index in [-0.39, 0.29) is 28.4 Å². The average Bonchev–Trinajstić information content (AvgIpc) is 2.62. The van der Waals surface area contributed by atoms with Crippen LogP contribution in [0.1, 0.15) is 35.7 Å². The van der Waals surface area contributed by atoms with Crippen LogP contribution in [0.15, 0.2) is 29.1 Å². The molecule has 0 saturated heterocycles. The number of H-pyrrole nitrogens is 1. The van der Waals surface area contributed by atoms with E-state index < -0.39 is 35.2 Å². The minimum absolute atomic E-state index is 0.104. The maximum absolute atomic E-state index is 13.5. The van der Waals surface area contributed by atoms with Crippen molar-refractivity contribution in [2.75, 3.05) is 12.4 Å². The van der Waals surface area contributed by atoms with Crippen molar-refractivity contribution in [1.82, 2.24) is 9.88 Å². The first-order chi connectivity index (χ1) is 13.1. The number of hydrogen-bond donors (Lipinski definition) is 2. The molecule has 1 aliphatic carbocycles. The van der Waals surface area contributed by atoms with Crippen molar-refractivity contribution >= 4 is 23.3 Å². The molecule has 28 heavy (non-hydrogen) atoms. The number of urea groups is 1. The molecule has 1 aliphatic rings. The predicted octanol–water partition coefficient (Wildman–Crippen LogP) is 4.73. The Labute approximate surface area is 162 Å². The van der Waals surface area contributed by atoms with E-state index in [9.17, 15) is 27.2 Å². The molecule has 1 aromatic heterocycles. The number of anilines is 1. The van der Waals surface area contributed by atoms with Crippen LogP contribution in [0.3, 0.4) is 0 Å². The lowest BCUT2D eigenvalue weighted by molar-refractivity contribution is -0.139. The molecule has 0 spiro atoms. The fourth-order valence-electron chi connectivity index (χ4n) is 3.37. The van der Waals surface area contributed by atoms with E-state index in [0.717, 1.165) is 11.0 Å². The summed E-state index contributed by atoms with van der Waals surface area (Å²) in [7, 11) is 1.37. The lowest BCUT2D eigenvalue weighted by Crippen LogP contribution is -2.38. The van der Waals surface area contributed by atoms with Crippen molar-refractivity contribution < 1.29 is 22.4 Å². The molecule has 0 saturated carbocycles. The van der Waals surface area contributed by atoms with Crippen LogP contribution in [0, 0.1) is 5.82 Å². The minimum atomic E-state index is -4.73. The van der Waals surface area contributed by atoms with E-state index in [1.165, 1.54) is 19.2 Å². The van der Waals surface area contributed by atoms with Crippen molar-refractivity contribution in [1.29, 1.82) is 0 Å². The largest absolute Gasteiger partial charge is 0.417 e. The summed E-state index contributed by atoms with van der Waals surface area (Å²) in [6.07, 6.45) is -3.63. The second-order valence-corrected chi connectivity index (χ2v) is 6.92. The van der Waals surface area contributed by atoms with Gasteiger partial charge in [0, 0.05) is 30.1 Å². The van der Waals surface area contributed by atoms with Gasteiger partial charge in [0.1, 0.15) is 5.82 Å². The molecule has 1 aromatic carbocycles. The van der Waals surface area contributed by atoms with Gasteiger partial charge in [-0.3, -0.25) is 4.79 Å². The number of fused-ring (bicyclic) bond motifs is 1. The molecule has 10 heteroatoms. The highest BCUT2D eigenvalue weighted by molar-refractivity contribution is 6.31. The molecule has 0 bridgehead atoms. The highest BCUT2D eigenvalue weighted by atomic mass is 35.5. The normalized spacial score (nSPS) is 16.4. The van der Waals surface area contributed by atoms with Crippen LogP contribution in [0.4, 0.5) is 28.0 Å². The number of aromatic nitrogens is 1. The van der Waals surface area contributed by atoms with E-state index >= 15 is 0 Å². The maximum atomic E-state index is 13.5. The monoisotopic (exact) mass is 417 g/mol. The summed E-state index contributed by atoms with van der Waals surface area (Å²) in [5, 5.41) is 2.30. The van der Waals surface area contributed by atoms with E-state index in [2.05, 4.69) is 10.3 Å². The summed E-state index contributed by atoms with van der Waals surface area (Å²) in [6, 6.07) is 2.52. The Bertz CT molecular complexity index is 974. The third-order valence-electron chi connectivity index (χ3n) is 4.67. The zero-order valence-electron chi connectivity index (χ0n) is 14.7. The van der Waals surface area contributed by atoms with Crippen LogP contribution in [0.25, 0.3) is 0 Å². The Morgan fingerprint density at radius 2 is 2.04 bits per heavy atom. The highest BCUT2D eigenvalue weighted by Crippen LogP contribution is 2.41. The van der Waals surface area contributed by atoms with Gasteiger partial charge in [-0.05, 0) is 37.5 Å². The van der Waals surface area contributed by atoms with Gasteiger partial charge in [-0.15, -0.1) is 0 Å². The van der Waals surface area contributed by atoms with Gasteiger partial charge in [0.25, 0.3) is 0 Å². The standard InChI is InChI=1S/C18H16ClF4N3O2/c1-26(17(28)24-9-5-6-12(20)11(19)7-9)14-4-2-3-13-16(14)10(18(21,22)23)8-15(27)25-13/h5-8,14H,2-4H2,1H3,(H,24,28)(H,25,27)/t14-/m1/s1. The maximum Gasteiger partial charge on any atom is 0.417 e. The molecule has 3 rings (SSSR count). The van der Waals surface area contributed by atoms with Crippen molar-refractivity contribution in [2.24, 2.45) is 0 Å². The SMILES string of the molecule is CN(C(=O)Nc1ccc(F)c(Cl)c1)[C@@H]1CCCc2[nH]c(=O)cc(C(F)(F)F)c21. The molecule has 2 N–H and O–H groups in total. The second kappa shape index (κ2) is 7.46. The summed E-state index contributed by atoms with van der Waals surface area (Å²) >= 11 is 5.68. The first kappa shape index (κ1) is 20.2. The van der Waals surface area contributed by atoms with Crippen LogP contribution in [-0.2, 0) is 12.6 Å². The van der Waals surface area contributed by atoms with Gasteiger partial charge in [-0.25, -0.2) is 9.18 Å². The van der Waals surface area contributed by atoms with Crippen molar-refractivity contribution in [3.8, 4) is 0 Å². The number of alkyl halides is 3. The first-order valence-electron chi connectivity index (χ1n) is 8.40. The number of amides is 2. The van der Waals surface area contributed by atoms with E-state index in [1.54, 1.807) is 0 Å². The number of benzene rings is 1. The van der Waals surface area contributed by atoms with E-state index in [4.69, 9.17) is 11.6 Å². The lowest BCUT2D eigenvalue weighted by atomic mass is 9.87. The summed E-state index contributed by atoms with van der Waals surface area (Å²) in [5.74, 6) is -0.659. The number of hydrogen-bond acceptors (Lipinski definition) is 2. The van der Waals surface area contributed by atoms with Gasteiger partial charge in [0.2, 0.25) is 5.56 Å². The van der Waals surface area contributed by atoms with E-state index in [0.29, 0.717) is 18.9 Å². The average molecular weight is 418 g/mol. The summed E-state index contributed by atoms with van der Waals surface area (Å²) in [5.41, 5.74) is -1.59. The summed E-state index contributed by atoms with van der Waals surface area (Å²) in [4.78, 5) is 27.8. The molecule has 2 aromatic rings. The van der Waals surface area contributed by atoms with Gasteiger partial charge < -0.3 is 15.2 Å². The third kappa shape index (κ3) is 3.99. The minimum Gasteiger partial charge on any atom is -0.326 e. The molecule has 0 aliphatic heterocycles. The van der Waals surface area contributed by atoms with Crippen LogP contribution >= 0.6 is 11.6 Å². The Kier molecular flexibility index (Phi) is 5.38. The number of aryl methyl sites for hydroxylation is 1. The van der Waals surface area contributed by atoms with Gasteiger partial charge in [0.15, 0.2) is 0 Å². The number of rotatable bonds is 2. The Morgan fingerprint density at radius 3 is 2.68 bits per heavy atom. The Balaban J connectivity index is 1.93. The summed E-state index contributed by atoms with van der Waals surface area (Å²) in [6.45, 7) is 0. The molecule has 150 valence electrons. The van der Waals surface area contributed by atoms with Gasteiger partial charge in [-0.1, -0.05) is 11.6 Å². The number of pyridine rings is 1. The van der Waals surface area contributed by atoms with Crippen LogP contribution in [-0.4, -0.2) is 23.0 Å². The topological polar surface area (TPSA) is 65.2 Å². The fraction of sp³-hybridized carbons (Fsp3) is 0.333. The number of halogens is 5. The van der Waals surface area contributed by atoms with Gasteiger partial charge in [0.05, 0.1) is 16.6 Å². The molecule has 1 atom stereocenters. The molecule has 0 radical (unpaired) electrons. The summed E-state index contributed by atoms with van der Waals surface area (Å²) < 4.78 is 53.8. The van der Waals surface area contributed by atoms with Crippen LogP contribution in [0.5, 0.6) is 0 Å². The Hall–Kier alpha value is -2.55. The molecular formula is C18H16ClF4N3O2. The molecule has 2 amide bonds. The number of carbonyl (C=O) groups excluding carboxylic acids is 1. The van der Waals surface area contributed by atoms with Crippen LogP contribution in [0.2, 0.25) is 5.02 Å². The van der Waals surface area contributed by atoms with Crippen molar-refractivity contribution in [2.45, 2.75) is 31.5 Å².